The minimum Gasteiger partial charge on any atom is -0.329 e. The molecule has 2 aliphatic rings. The number of nitrogens with two attached hydrogens (primary N) is 1. The molecule has 0 bridgehead atoms. The van der Waals surface area contributed by atoms with Crippen LogP contribution in [0.2, 0.25) is 0 Å². The van der Waals surface area contributed by atoms with Crippen LogP contribution in [0.4, 0.5) is 0 Å². The SMILES string of the molecule is CC1(C)CCCC(CN)(NCCCC2CC2)C1. The Hall–Kier alpha value is -0.0800. The average molecular weight is 238 g/mol. The summed E-state index contributed by atoms with van der Waals surface area (Å²) in [7, 11) is 0. The Morgan fingerprint density at radius 1 is 1.24 bits per heavy atom. The van der Waals surface area contributed by atoms with Crippen molar-refractivity contribution in [2.45, 2.75) is 70.8 Å². The molecule has 0 aromatic carbocycles. The molecule has 100 valence electrons. The molecular formula is C15H30N2. The number of hydrogen-bond donors (Lipinski definition) is 2. The first-order chi connectivity index (χ1) is 8.05. The quantitative estimate of drug-likeness (QED) is 0.698. The minimum absolute atomic E-state index is 0.241. The Labute approximate surface area is 107 Å². The third kappa shape index (κ3) is 3.96. The lowest BCUT2D eigenvalue weighted by Crippen LogP contribution is -2.55. The average Bonchev–Trinajstić information content (AvgIpc) is 3.07. The monoisotopic (exact) mass is 238 g/mol. The second kappa shape index (κ2) is 5.27. The highest BCUT2D eigenvalue weighted by Crippen LogP contribution is 2.40. The molecule has 17 heavy (non-hydrogen) atoms. The second-order valence-corrected chi connectivity index (χ2v) is 7.19. The summed E-state index contributed by atoms with van der Waals surface area (Å²) in [4.78, 5) is 0. The highest BCUT2D eigenvalue weighted by atomic mass is 15.0. The van der Waals surface area contributed by atoms with Gasteiger partial charge in [0.1, 0.15) is 0 Å². The molecular weight excluding hydrogens is 208 g/mol. The first kappa shape index (κ1) is 13.4. The zero-order valence-corrected chi connectivity index (χ0v) is 11.7. The summed E-state index contributed by atoms with van der Waals surface area (Å²) in [6.45, 7) is 6.76. The molecule has 1 unspecified atom stereocenters. The first-order valence-electron chi connectivity index (χ1n) is 7.50. The van der Waals surface area contributed by atoms with Crippen molar-refractivity contribution in [3.63, 3.8) is 0 Å². The van der Waals surface area contributed by atoms with Gasteiger partial charge < -0.3 is 11.1 Å². The van der Waals surface area contributed by atoms with E-state index in [4.69, 9.17) is 5.73 Å². The standard InChI is InChI=1S/C15H30N2/c1-14(2)8-4-9-15(11-14,12-16)17-10-3-5-13-6-7-13/h13,17H,3-12,16H2,1-2H3. The van der Waals surface area contributed by atoms with Gasteiger partial charge >= 0.3 is 0 Å². The maximum atomic E-state index is 6.05. The Balaban J connectivity index is 1.76. The van der Waals surface area contributed by atoms with E-state index in [0.717, 1.165) is 12.5 Å². The Kier molecular flexibility index (Phi) is 4.14. The lowest BCUT2D eigenvalue weighted by molar-refractivity contribution is 0.124. The lowest BCUT2D eigenvalue weighted by atomic mass is 9.68. The van der Waals surface area contributed by atoms with Crippen LogP contribution in [-0.2, 0) is 0 Å². The van der Waals surface area contributed by atoms with E-state index in [1.165, 1.54) is 57.9 Å². The largest absolute Gasteiger partial charge is 0.329 e. The third-order valence-corrected chi connectivity index (χ3v) is 4.70. The molecule has 0 aromatic rings. The molecule has 2 fully saturated rings. The number of hydrogen-bond acceptors (Lipinski definition) is 2. The van der Waals surface area contributed by atoms with Crippen LogP contribution in [0.3, 0.4) is 0 Å². The summed E-state index contributed by atoms with van der Waals surface area (Å²) in [5.41, 5.74) is 6.77. The van der Waals surface area contributed by atoms with E-state index in [-0.39, 0.29) is 5.54 Å². The van der Waals surface area contributed by atoms with Crippen molar-refractivity contribution in [3.8, 4) is 0 Å². The summed E-state index contributed by atoms with van der Waals surface area (Å²) in [6.07, 6.45) is 10.9. The second-order valence-electron chi connectivity index (χ2n) is 7.19. The molecule has 0 amide bonds. The van der Waals surface area contributed by atoms with Gasteiger partial charge in [-0.15, -0.1) is 0 Å². The third-order valence-electron chi connectivity index (χ3n) is 4.70. The number of nitrogens with one attached hydrogen (secondary N) is 1. The summed E-state index contributed by atoms with van der Waals surface area (Å²) in [5.74, 6) is 1.06. The Bertz CT molecular complexity index is 245. The van der Waals surface area contributed by atoms with Crippen molar-refractivity contribution >= 4 is 0 Å². The van der Waals surface area contributed by atoms with Crippen molar-refractivity contribution in [3.05, 3.63) is 0 Å². The molecule has 0 heterocycles. The van der Waals surface area contributed by atoms with Gasteiger partial charge in [-0.1, -0.05) is 33.1 Å². The molecule has 2 heteroatoms. The maximum absolute atomic E-state index is 6.05. The molecule has 0 saturated heterocycles. The molecule has 2 nitrogen and oxygen atoms in total. The van der Waals surface area contributed by atoms with Gasteiger partial charge in [0.15, 0.2) is 0 Å². The highest BCUT2D eigenvalue weighted by Gasteiger charge is 2.38. The van der Waals surface area contributed by atoms with Gasteiger partial charge in [-0.05, 0) is 50.0 Å². The van der Waals surface area contributed by atoms with Gasteiger partial charge in [0.05, 0.1) is 0 Å². The lowest BCUT2D eigenvalue weighted by Gasteiger charge is -2.45. The van der Waals surface area contributed by atoms with E-state index in [0.29, 0.717) is 5.41 Å². The summed E-state index contributed by atoms with van der Waals surface area (Å²) >= 11 is 0. The molecule has 0 aliphatic heterocycles. The first-order valence-corrected chi connectivity index (χ1v) is 7.50. The van der Waals surface area contributed by atoms with Gasteiger partial charge in [-0.3, -0.25) is 0 Å². The van der Waals surface area contributed by atoms with Gasteiger partial charge in [0.25, 0.3) is 0 Å². The van der Waals surface area contributed by atoms with E-state index in [9.17, 15) is 0 Å². The zero-order valence-electron chi connectivity index (χ0n) is 11.7. The summed E-state index contributed by atoms with van der Waals surface area (Å²) in [6, 6.07) is 0. The van der Waals surface area contributed by atoms with Gasteiger partial charge in [0, 0.05) is 12.1 Å². The topological polar surface area (TPSA) is 38.0 Å². The van der Waals surface area contributed by atoms with E-state index in [1.54, 1.807) is 0 Å². The highest BCUT2D eigenvalue weighted by molar-refractivity contribution is 4.97. The molecule has 0 spiro atoms. The fourth-order valence-corrected chi connectivity index (χ4v) is 3.55. The molecule has 0 aromatic heterocycles. The smallest absolute Gasteiger partial charge is 0.0309 e. The number of rotatable bonds is 6. The predicted molar refractivity (Wildman–Crippen MR) is 74.0 cm³/mol. The van der Waals surface area contributed by atoms with E-state index in [1.807, 2.05) is 0 Å². The molecule has 3 N–H and O–H groups in total. The normalized spacial score (nSPS) is 32.6. The van der Waals surface area contributed by atoms with Gasteiger partial charge in [0.2, 0.25) is 0 Å². The summed E-state index contributed by atoms with van der Waals surface area (Å²) in [5, 5.41) is 3.80. The van der Waals surface area contributed by atoms with Crippen LogP contribution in [0.15, 0.2) is 0 Å². The van der Waals surface area contributed by atoms with E-state index in [2.05, 4.69) is 19.2 Å². The van der Waals surface area contributed by atoms with Crippen LogP contribution in [-0.4, -0.2) is 18.6 Å². The van der Waals surface area contributed by atoms with E-state index < -0.39 is 0 Å². The van der Waals surface area contributed by atoms with Crippen molar-refractivity contribution < 1.29 is 0 Å². The minimum atomic E-state index is 0.241. The molecule has 1 atom stereocenters. The fourth-order valence-electron chi connectivity index (χ4n) is 3.55. The fraction of sp³-hybridized carbons (Fsp3) is 1.00. The van der Waals surface area contributed by atoms with Crippen LogP contribution in [0, 0.1) is 11.3 Å². The maximum Gasteiger partial charge on any atom is 0.0309 e. The Morgan fingerprint density at radius 2 is 2.00 bits per heavy atom. The molecule has 2 aliphatic carbocycles. The molecule has 0 radical (unpaired) electrons. The van der Waals surface area contributed by atoms with Crippen molar-refractivity contribution in [2.24, 2.45) is 17.1 Å². The van der Waals surface area contributed by atoms with Crippen LogP contribution in [0.5, 0.6) is 0 Å². The van der Waals surface area contributed by atoms with Crippen LogP contribution >= 0.6 is 0 Å². The van der Waals surface area contributed by atoms with Crippen molar-refractivity contribution in [2.75, 3.05) is 13.1 Å². The predicted octanol–water partition coefficient (Wildman–Crippen LogP) is 3.06. The van der Waals surface area contributed by atoms with E-state index >= 15 is 0 Å². The summed E-state index contributed by atoms with van der Waals surface area (Å²) < 4.78 is 0. The van der Waals surface area contributed by atoms with Crippen LogP contribution < -0.4 is 11.1 Å². The molecule has 2 rings (SSSR count). The van der Waals surface area contributed by atoms with Crippen LogP contribution in [0.1, 0.15) is 65.2 Å². The van der Waals surface area contributed by atoms with Gasteiger partial charge in [-0.2, -0.15) is 0 Å². The van der Waals surface area contributed by atoms with Crippen LogP contribution in [0.25, 0.3) is 0 Å². The Morgan fingerprint density at radius 3 is 2.59 bits per heavy atom. The van der Waals surface area contributed by atoms with Crippen molar-refractivity contribution in [1.29, 1.82) is 0 Å². The zero-order chi connectivity index (χ0) is 12.4. The van der Waals surface area contributed by atoms with Crippen molar-refractivity contribution in [1.82, 2.24) is 5.32 Å². The molecule has 2 saturated carbocycles. The van der Waals surface area contributed by atoms with Gasteiger partial charge in [-0.25, -0.2) is 0 Å².